The summed E-state index contributed by atoms with van der Waals surface area (Å²) in [5.74, 6) is 0.570. The van der Waals surface area contributed by atoms with Crippen molar-refractivity contribution in [1.29, 1.82) is 0 Å². The number of aryl methyl sites for hydroxylation is 2. The van der Waals surface area contributed by atoms with Crippen molar-refractivity contribution >= 4 is 32.8 Å². The zero-order valence-electron chi connectivity index (χ0n) is 18.6. The van der Waals surface area contributed by atoms with Crippen LogP contribution in [0, 0.1) is 24.0 Å². The standard InChI is InChI=1S/C23H24N4O5S/c1-15-5-6-18(13-16(15)2)17(3)24-25-22-12-11-21(14-23(22)27(28)29)33(30,31)26-19-7-9-20(32-4)10-8-19/h5-14,25-26H,1-4H3. The summed E-state index contributed by atoms with van der Waals surface area (Å²) >= 11 is 0. The van der Waals surface area contributed by atoms with Crippen LogP contribution in [-0.4, -0.2) is 26.2 Å². The van der Waals surface area contributed by atoms with E-state index in [9.17, 15) is 18.5 Å². The van der Waals surface area contributed by atoms with Gasteiger partial charge in [-0.3, -0.25) is 20.3 Å². The summed E-state index contributed by atoms with van der Waals surface area (Å²) in [7, 11) is -2.55. The highest BCUT2D eigenvalue weighted by molar-refractivity contribution is 7.92. The summed E-state index contributed by atoms with van der Waals surface area (Å²) in [6, 6.07) is 15.7. The number of hydrazone groups is 1. The van der Waals surface area contributed by atoms with Gasteiger partial charge < -0.3 is 4.74 Å². The zero-order valence-corrected chi connectivity index (χ0v) is 19.4. The minimum Gasteiger partial charge on any atom is -0.497 e. The monoisotopic (exact) mass is 468 g/mol. The molecule has 0 atom stereocenters. The van der Waals surface area contributed by atoms with Gasteiger partial charge in [-0.25, -0.2) is 8.42 Å². The van der Waals surface area contributed by atoms with Crippen LogP contribution >= 0.6 is 0 Å². The Balaban J connectivity index is 1.86. The Morgan fingerprint density at radius 2 is 1.70 bits per heavy atom. The molecule has 33 heavy (non-hydrogen) atoms. The highest BCUT2D eigenvalue weighted by Gasteiger charge is 2.22. The number of sulfonamides is 1. The summed E-state index contributed by atoms with van der Waals surface area (Å²) in [5.41, 5.74) is 6.40. The number of rotatable bonds is 8. The molecule has 172 valence electrons. The van der Waals surface area contributed by atoms with E-state index in [4.69, 9.17) is 4.74 Å². The normalized spacial score (nSPS) is 11.7. The largest absolute Gasteiger partial charge is 0.497 e. The smallest absolute Gasteiger partial charge is 0.295 e. The molecule has 0 aliphatic carbocycles. The quantitative estimate of drug-likeness (QED) is 0.277. The lowest BCUT2D eigenvalue weighted by Gasteiger charge is -2.10. The van der Waals surface area contributed by atoms with Gasteiger partial charge in [-0.2, -0.15) is 5.10 Å². The summed E-state index contributed by atoms with van der Waals surface area (Å²) < 4.78 is 32.9. The van der Waals surface area contributed by atoms with Crippen LogP contribution in [0.3, 0.4) is 0 Å². The number of hydrogen-bond donors (Lipinski definition) is 2. The minimum absolute atomic E-state index is 0.0755. The van der Waals surface area contributed by atoms with Gasteiger partial charge in [0.1, 0.15) is 11.4 Å². The number of nitrogens with one attached hydrogen (secondary N) is 2. The van der Waals surface area contributed by atoms with Crippen molar-refractivity contribution in [2.75, 3.05) is 17.3 Å². The van der Waals surface area contributed by atoms with Crippen molar-refractivity contribution in [2.45, 2.75) is 25.7 Å². The van der Waals surface area contributed by atoms with Crippen LogP contribution in [0.1, 0.15) is 23.6 Å². The number of anilines is 2. The molecule has 0 saturated heterocycles. The molecule has 0 radical (unpaired) electrons. The van der Waals surface area contributed by atoms with Crippen molar-refractivity contribution in [3.63, 3.8) is 0 Å². The van der Waals surface area contributed by atoms with E-state index >= 15 is 0 Å². The van der Waals surface area contributed by atoms with Crippen LogP contribution < -0.4 is 14.9 Å². The highest BCUT2D eigenvalue weighted by Crippen LogP contribution is 2.29. The second-order valence-electron chi connectivity index (χ2n) is 7.38. The van der Waals surface area contributed by atoms with Gasteiger partial charge in [-0.15, -0.1) is 0 Å². The maximum absolute atomic E-state index is 12.7. The summed E-state index contributed by atoms with van der Waals surface area (Å²) in [4.78, 5) is 10.7. The molecule has 0 spiro atoms. The van der Waals surface area contributed by atoms with Gasteiger partial charge in [0.2, 0.25) is 0 Å². The minimum atomic E-state index is -4.05. The molecule has 0 bridgehead atoms. The number of hydrogen-bond acceptors (Lipinski definition) is 7. The maximum atomic E-state index is 12.7. The van der Waals surface area contributed by atoms with Gasteiger partial charge >= 0.3 is 0 Å². The molecule has 2 N–H and O–H groups in total. The van der Waals surface area contributed by atoms with E-state index in [1.54, 1.807) is 19.1 Å². The van der Waals surface area contributed by atoms with E-state index < -0.39 is 20.6 Å². The number of nitrogens with zero attached hydrogens (tertiary/aromatic N) is 2. The Kier molecular flexibility index (Phi) is 6.98. The van der Waals surface area contributed by atoms with Crippen LogP contribution in [0.25, 0.3) is 0 Å². The Bertz CT molecular complexity index is 1320. The summed E-state index contributed by atoms with van der Waals surface area (Å²) in [5, 5.41) is 15.9. The maximum Gasteiger partial charge on any atom is 0.295 e. The van der Waals surface area contributed by atoms with E-state index in [1.807, 2.05) is 32.0 Å². The van der Waals surface area contributed by atoms with Crippen molar-refractivity contribution < 1.29 is 18.1 Å². The second kappa shape index (κ2) is 9.70. The Morgan fingerprint density at radius 3 is 2.30 bits per heavy atom. The van der Waals surface area contributed by atoms with Gasteiger partial charge in [0.15, 0.2) is 0 Å². The van der Waals surface area contributed by atoms with Gasteiger partial charge in [-0.05, 0) is 79.9 Å². The van der Waals surface area contributed by atoms with Crippen LogP contribution in [0.15, 0.2) is 70.7 Å². The number of nitro groups is 1. The first kappa shape index (κ1) is 23.7. The van der Waals surface area contributed by atoms with Crippen LogP contribution in [0.2, 0.25) is 0 Å². The number of nitro benzene ring substituents is 1. The van der Waals surface area contributed by atoms with Crippen molar-refractivity contribution in [3.05, 3.63) is 87.5 Å². The average molecular weight is 469 g/mol. The molecule has 0 unspecified atom stereocenters. The number of methoxy groups -OCH3 is 1. The molecule has 0 aliphatic heterocycles. The molecular weight excluding hydrogens is 444 g/mol. The number of ether oxygens (including phenoxy) is 1. The summed E-state index contributed by atoms with van der Waals surface area (Å²) in [6.45, 7) is 5.77. The molecule has 10 heteroatoms. The highest BCUT2D eigenvalue weighted by atomic mass is 32.2. The van der Waals surface area contributed by atoms with Crippen molar-refractivity contribution in [2.24, 2.45) is 5.10 Å². The third-order valence-corrected chi connectivity index (χ3v) is 6.47. The second-order valence-corrected chi connectivity index (χ2v) is 9.06. The molecule has 3 aromatic rings. The topological polar surface area (TPSA) is 123 Å². The fourth-order valence-electron chi connectivity index (χ4n) is 2.97. The van der Waals surface area contributed by atoms with Gasteiger partial charge in [0.25, 0.3) is 15.7 Å². The number of benzene rings is 3. The van der Waals surface area contributed by atoms with Crippen molar-refractivity contribution in [1.82, 2.24) is 0 Å². The fraction of sp³-hybridized carbons (Fsp3) is 0.174. The molecule has 0 aliphatic rings. The van der Waals surface area contributed by atoms with Crippen LogP contribution in [0.5, 0.6) is 5.75 Å². The van der Waals surface area contributed by atoms with Gasteiger partial charge in [-0.1, -0.05) is 12.1 Å². The van der Waals surface area contributed by atoms with Gasteiger partial charge in [0.05, 0.1) is 22.6 Å². The van der Waals surface area contributed by atoms with E-state index in [0.717, 1.165) is 22.8 Å². The first-order valence-corrected chi connectivity index (χ1v) is 11.4. The molecule has 0 heterocycles. The van der Waals surface area contributed by atoms with Gasteiger partial charge in [0, 0.05) is 11.8 Å². The lowest BCUT2D eigenvalue weighted by atomic mass is 10.0. The Labute approximate surface area is 192 Å². The molecule has 3 rings (SSSR count). The Hall–Kier alpha value is -3.92. The predicted octanol–water partition coefficient (Wildman–Crippen LogP) is 4.86. The third-order valence-electron chi connectivity index (χ3n) is 5.09. The molecule has 0 fully saturated rings. The predicted molar refractivity (Wildman–Crippen MR) is 129 cm³/mol. The third kappa shape index (κ3) is 5.66. The van der Waals surface area contributed by atoms with E-state index in [0.29, 0.717) is 17.1 Å². The molecule has 0 saturated carbocycles. The Morgan fingerprint density at radius 1 is 1.00 bits per heavy atom. The molecular formula is C23H24N4O5S. The van der Waals surface area contributed by atoms with Crippen LogP contribution in [-0.2, 0) is 10.0 Å². The van der Waals surface area contributed by atoms with E-state index in [1.165, 1.54) is 31.4 Å². The molecule has 9 nitrogen and oxygen atoms in total. The fourth-order valence-corrected chi connectivity index (χ4v) is 4.05. The lowest BCUT2D eigenvalue weighted by Crippen LogP contribution is -2.13. The van der Waals surface area contributed by atoms with Crippen molar-refractivity contribution in [3.8, 4) is 5.75 Å². The average Bonchev–Trinajstić information content (AvgIpc) is 2.79. The molecule has 0 amide bonds. The van der Waals surface area contributed by atoms with E-state index in [2.05, 4.69) is 15.2 Å². The molecule has 0 aromatic heterocycles. The summed E-state index contributed by atoms with van der Waals surface area (Å²) in [6.07, 6.45) is 0. The first-order valence-electron chi connectivity index (χ1n) is 9.94. The lowest BCUT2D eigenvalue weighted by molar-refractivity contribution is -0.384. The zero-order chi connectivity index (χ0) is 24.2. The first-order chi connectivity index (χ1) is 15.6. The van der Waals surface area contributed by atoms with Crippen LogP contribution in [0.4, 0.5) is 17.1 Å². The van der Waals surface area contributed by atoms with E-state index in [-0.39, 0.29) is 10.6 Å². The molecule has 3 aromatic carbocycles. The SMILES string of the molecule is COc1ccc(NS(=O)(=O)c2ccc(NN=C(C)c3ccc(C)c(C)c3)c([N+](=O)[O-])c2)cc1.